The second-order valence-corrected chi connectivity index (χ2v) is 3.32. The summed E-state index contributed by atoms with van der Waals surface area (Å²) in [4.78, 5) is 3.94. The van der Waals surface area contributed by atoms with Gasteiger partial charge >= 0.3 is 0 Å². The van der Waals surface area contributed by atoms with Gasteiger partial charge < -0.3 is 4.57 Å². The van der Waals surface area contributed by atoms with Crippen LogP contribution in [0.25, 0.3) is 5.70 Å². The van der Waals surface area contributed by atoms with Crippen LogP contribution in [-0.4, -0.2) is 9.55 Å². The highest BCUT2D eigenvalue weighted by atomic mass is 15.0. The largest absolute Gasteiger partial charge is 0.305 e. The number of hydrogen-bond acceptors (Lipinski definition) is 3. The van der Waals surface area contributed by atoms with Crippen LogP contribution in [0.15, 0.2) is 49.1 Å². The minimum Gasteiger partial charge on any atom is -0.305 e. The fourth-order valence-electron chi connectivity index (χ4n) is 1.49. The number of benzene rings is 1. The number of imidazole rings is 1. The van der Waals surface area contributed by atoms with Gasteiger partial charge in [0.2, 0.25) is 0 Å². The van der Waals surface area contributed by atoms with Crippen molar-refractivity contribution in [2.75, 3.05) is 0 Å². The van der Waals surface area contributed by atoms with Crippen LogP contribution in [0.1, 0.15) is 11.1 Å². The third-order valence-corrected chi connectivity index (χ3v) is 2.29. The van der Waals surface area contributed by atoms with Crippen LogP contribution >= 0.6 is 0 Å². The average Bonchev–Trinajstić information content (AvgIpc) is 2.90. The van der Waals surface area contributed by atoms with Gasteiger partial charge in [-0.05, 0) is 17.7 Å². The summed E-state index contributed by atoms with van der Waals surface area (Å²) in [5.74, 6) is 0. The second-order valence-electron chi connectivity index (χ2n) is 3.32. The van der Waals surface area contributed by atoms with E-state index in [0.717, 1.165) is 11.3 Å². The Kier molecular flexibility index (Phi) is 3.00. The summed E-state index contributed by atoms with van der Waals surface area (Å²) in [6.45, 7) is 0. The molecule has 1 heterocycles. The van der Waals surface area contributed by atoms with Crippen LogP contribution in [0, 0.1) is 22.7 Å². The van der Waals surface area contributed by atoms with E-state index in [1.165, 1.54) is 6.08 Å². The summed E-state index contributed by atoms with van der Waals surface area (Å²) in [5.41, 5.74) is 2.19. The summed E-state index contributed by atoms with van der Waals surface area (Å²) < 4.78 is 1.75. The monoisotopic (exact) mass is 220 g/mol. The molecule has 0 saturated heterocycles. The van der Waals surface area contributed by atoms with Gasteiger partial charge in [-0.1, -0.05) is 12.1 Å². The topological polar surface area (TPSA) is 65.4 Å². The highest BCUT2D eigenvalue weighted by molar-refractivity contribution is 5.68. The lowest BCUT2D eigenvalue weighted by Gasteiger charge is -2.06. The predicted octanol–water partition coefficient (Wildman–Crippen LogP) is 2.17. The molecule has 0 radical (unpaired) electrons. The summed E-state index contributed by atoms with van der Waals surface area (Å²) >= 11 is 0. The van der Waals surface area contributed by atoms with E-state index in [-0.39, 0.29) is 0 Å². The molecule has 0 spiro atoms. The molecule has 0 aliphatic carbocycles. The van der Waals surface area contributed by atoms with Crippen LogP contribution in [0.3, 0.4) is 0 Å². The van der Waals surface area contributed by atoms with Crippen LogP contribution in [0.5, 0.6) is 0 Å². The van der Waals surface area contributed by atoms with Gasteiger partial charge in [0.1, 0.15) is 0 Å². The normalized spacial score (nSPS) is 10.6. The van der Waals surface area contributed by atoms with Crippen LogP contribution in [0.4, 0.5) is 0 Å². The molecule has 0 atom stereocenters. The SMILES string of the molecule is N#C/C=C(/c1ccc(C#N)cc1)n1ccnc1. The maximum Gasteiger partial charge on any atom is 0.0992 e. The standard InChI is InChI=1S/C13H8N4/c14-6-5-13(17-8-7-16-10-17)12-3-1-11(9-15)2-4-12/h1-5,7-8,10H/b13-5-. The average molecular weight is 220 g/mol. The van der Waals surface area contributed by atoms with Gasteiger partial charge in [0.05, 0.1) is 29.7 Å². The van der Waals surface area contributed by atoms with E-state index in [1.54, 1.807) is 35.4 Å². The predicted molar refractivity (Wildman–Crippen MR) is 62.4 cm³/mol. The third-order valence-electron chi connectivity index (χ3n) is 2.29. The molecule has 0 fully saturated rings. The van der Waals surface area contributed by atoms with Crippen LogP contribution < -0.4 is 0 Å². The number of rotatable bonds is 2. The number of aromatic nitrogens is 2. The van der Waals surface area contributed by atoms with Gasteiger partial charge in [0, 0.05) is 18.5 Å². The number of nitriles is 2. The van der Waals surface area contributed by atoms with Gasteiger partial charge in [-0.25, -0.2) is 4.98 Å². The highest BCUT2D eigenvalue weighted by Crippen LogP contribution is 2.16. The Labute approximate surface area is 98.7 Å². The first-order valence-corrected chi connectivity index (χ1v) is 4.94. The molecule has 0 bridgehead atoms. The molecule has 4 nitrogen and oxygen atoms in total. The molecule has 80 valence electrons. The fraction of sp³-hybridized carbons (Fsp3) is 0. The van der Waals surface area contributed by atoms with E-state index in [2.05, 4.69) is 11.1 Å². The van der Waals surface area contributed by atoms with Crippen molar-refractivity contribution in [1.82, 2.24) is 9.55 Å². The molecular formula is C13H8N4. The highest BCUT2D eigenvalue weighted by Gasteiger charge is 2.03. The molecule has 2 aromatic rings. The molecule has 4 heteroatoms. The zero-order valence-electron chi connectivity index (χ0n) is 8.91. The first kappa shape index (κ1) is 10.7. The molecule has 0 saturated carbocycles. The van der Waals surface area contributed by atoms with Crippen LogP contribution in [0.2, 0.25) is 0 Å². The Bertz CT molecular complexity index is 607. The van der Waals surface area contributed by atoms with E-state index in [0.29, 0.717) is 5.56 Å². The minimum atomic E-state index is 0.593. The van der Waals surface area contributed by atoms with Gasteiger partial charge in [-0.3, -0.25) is 0 Å². The van der Waals surface area contributed by atoms with Crippen molar-refractivity contribution in [3.63, 3.8) is 0 Å². The fourth-order valence-corrected chi connectivity index (χ4v) is 1.49. The minimum absolute atomic E-state index is 0.593. The zero-order valence-corrected chi connectivity index (χ0v) is 8.91. The lowest BCUT2D eigenvalue weighted by atomic mass is 10.1. The summed E-state index contributed by atoms with van der Waals surface area (Å²) in [7, 11) is 0. The molecule has 0 N–H and O–H groups in total. The Morgan fingerprint density at radius 3 is 2.53 bits per heavy atom. The Hall–Kier alpha value is -2.85. The molecule has 0 aliphatic rings. The molecule has 0 amide bonds. The molecular weight excluding hydrogens is 212 g/mol. The molecule has 2 rings (SSSR count). The van der Waals surface area contributed by atoms with Crippen LogP contribution in [-0.2, 0) is 0 Å². The lowest BCUT2D eigenvalue weighted by molar-refractivity contribution is 1.09. The lowest BCUT2D eigenvalue weighted by Crippen LogP contribution is -1.95. The van der Waals surface area contributed by atoms with Crippen molar-refractivity contribution in [3.05, 3.63) is 60.2 Å². The quantitative estimate of drug-likeness (QED) is 0.728. The number of nitrogens with zero attached hydrogens (tertiary/aromatic N) is 4. The summed E-state index contributed by atoms with van der Waals surface area (Å²) in [6.07, 6.45) is 6.49. The van der Waals surface area contributed by atoms with E-state index in [4.69, 9.17) is 10.5 Å². The van der Waals surface area contributed by atoms with E-state index in [1.807, 2.05) is 18.2 Å². The smallest absolute Gasteiger partial charge is 0.0992 e. The summed E-state index contributed by atoms with van der Waals surface area (Å²) in [6, 6.07) is 11.1. The van der Waals surface area contributed by atoms with Crippen molar-refractivity contribution >= 4 is 5.70 Å². The Morgan fingerprint density at radius 1 is 1.24 bits per heavy atom. The van der Waals surface area contributed by atoms with Gasteiger partial charge in [-0.2, -0.15) is 10.5 Å². The molecule has 0 aliphatic heterocycles. The van der Waals surface area contributed by atoms with E-state index >= 15 is 0 Å². The summed E-state index contributed by atoms with van der Waals surface area (Å²) in [5, 5.41) is 17.5. The number of hydrogen-bond donors (Lipinski definition) is 0. The molecule has 1 aromatic carbocycles. The van der Waals surface area contributed by atoms with E-state index in [9.17, 15) is 0 Å². The number of allylic oxidation sites excluding steroid dienone is 1. The van der Waals surface area contributed by atoms with Crippen molar-refractivity contribution in [3.8, 4) is 12.1 Å². The van der Waals surface area contributed by atoms with Crippen molar-refractivity contribution in [1.29, 1.82) is 10.5 Å². The molecule has 1 aromatic heterocycles. The second kappa shape index (κ2) is 4.78. The van der Waals surface area contributed by atoms with Gasteiger partial charge in [-0.15, -0.1) is 0 Å². The van der Waals surface area contributed by atoms with Gasteiger partial charge in [0.15, 0.2) is 0 Å². The van der Waals surface area contributed by atoms with Crippen molar-refractivity contribution < 1.29 is 0 Å². The van der Waals surface area contributed by atoms with Crippen molar-refractivity contribution in [2.45, 2.75) is 0 Å². The Morgan fingerprint density at radius 2 is 2.00 bits per heavy atom. The zero-order chi connectivity index (χ0) is 12.1. The van der Waals surface area contributed by atoms with E-state index < -0.39 is 0 Å². The third kappa shape index (κ3) is 2.22. The first-order chi connectivity index (χ1) is 8.35. The molecule has 17 heavy (non-hydrogen) atoms. The first-order valence-electron chi connectivity index (χ1n) is 4.94. The van der Waals surface area contributed by atoms with Crippen molar-refractivity contribution in [2.24, 2.45) is 0 Å². The molecule has 0 unspecified atom stereocenters. The maximum atomic E-state index is 8.79. The Balaban J connectivity index is 2.45. The maximum absolute atomic E-state index is 8.79. The van der Waals surface area contributed by atoms with Gasteiger partial charge in [0.25, 0.3) is 0 Å².